The topological polar surface area (TPSA) is 63.6 Å². The number of rotatable bonds is 1. The van der Waals surface area contributed by atoms with E-state index in [-0.39, 0.29) is 0 Å². The van der Waals surface area contributed by atoms with Crippen molar-refractivity contribution in [2.24, 2.45) is 9.98 Å². The molecule has 3 aromatic rings. The zero-order chi connectivity index (χ0) is 16.4. The summed E-state index contributed by atoms with van der Waals surface area (Å²) < 4.78 is 5.31. The molecular formula is C19H14N4O. The van der Waals surface area contributed by atoms with E-state index in [9.17, 15) is 0 Å². The van der Waals surface area contributed by atoms with E-state index in [1.54, 1.807) is 6.92 Å². The molecule has 5 nitrogen and oxygen atoms in total. The minimum atomic E-state index is 0.470. The first kappa shape index (κ1) is 13.4. The SMILES string of the molecule is CC1=c2c(cc3c(c2C)N=c2ccccc2=3)N=C1c1nc(C)no1. The fraction of sp³-hybridized carbons (Fsp3) is 0.158. The van der Waals surface area contributed by atoms with Crippen LogP contribution in [0.2, 0.25) is 0 Å². The molecule has 0 bridgehead atoms. The van der Waals surface area contributed by atoms with Crippen LogP contribution in [-0.2, 0) is 0 Å². The minimum Gasteiger partial charge on any atom is -0.332 e. The van der Waals surface area contributed by atoms with Crippen molar-refractivity contribution in [2.45, 2.75) is 20.8 Å². The highest BCUT2D eigenvalue weighted by molar-refractivity contribution is 6.28. The molecule has 0 spiro atoms. The van der Waals surface area contributed by atoms with E-state index < -0.39 is 0 Å². The van der Waals surface area contributed by atoms with E-state index in [4.69, 9.17) is 14.5 Å². The summed E-state index contributed by atoms with van der Waals surface area (Å²) in [5.74, 6) is 1.08. The number of nitrogens with zero attached hydrogens (tertiary/aromatic N) is 4. The van der Waals surface area contributed by atoms with E-state index in [1.807, 2.05) is 25.1 Å². The van der Waals surface area contributed by atoms with E-state index in [0.29, 0.717) is 11.7 Å². The zero-order valence-electron chi connectivity index (χ0n) is 13.6. The van der Waals surface area contributed by atoms with Crippen LogP contribution in [0.15, 0.2) is 44.8 Å². The van der Waals surface area contributed by atoms with Crippen molar-refractivity contribution in [3.63, 3.8) is 0 Å². The van der Waals surface area contributed by atoms with Gasteiger partial charge in [0.15, 0.2) is 5.82 Å². The highest BCUT2D eigenvalue weighted by atomic mass is 16.5. The Morgan fingerprint density at radius 3 is 2.58 bits per heavy atom. The number of fused-ring (bicyclic) bond motifs is 3. The van der Waals surface area contributed by atoms with Crippen LogP contribution < -0.4 is 10.6 Å². The zero-order valence-corrected chi connectivity index (χ0v) is 13.6. The average molecular weight is 314 g/mol. The van der Waals surface area contributed by atoms with Gasteiger partial charge in [-0.05, 0) is 44.0 Å². The summed E-state index contributed by atoms with van der Waals surface area (Å²) in [6, 6.07) is 10.3. The molecule has 2 aliphatic rings. The van der Waals surface area contributed by atoms with Gasteiger partial charge in [-0.15, -0.1) is 0 Å². The summed E-state index contributed by atoms with van der Waals surface area (Å²) in [5.41, 5.74) is 4.94. The number of para-hydroxylation sites is 1. The van der Waals surface area contributed by atoms with Crippen molar-refractivity contribution in [1.82, 2.24) is 10.1 Å². The highest BCUT2D eigenvalue weighted by Crippen LogP contribution is 2.29. The van der Waals surface area contributed by atoms with E-state index in [1.165, 1.54) is 0 Å². The lowest BCUT2D eigenvalue weighted by Crippen LogP contribution is -2.10. The largest absolute Gasteiger partial charge is 0.332 e. The van der Waals surface area contributed by atoms with Gasteiger partial charge in [-0.25, -0.2) is 9.98 Å². The number of aryl methyl sites for hydroxylation is 1. The van der Waals surface area contributed by atoms with Crippen LogP contribution in [0.4, 0.5) is 11.4 Å². The molecule has 5 rings (SSSR count). The molecule has 0 atom stereocenters. The molecular weight excluding hydrogens is 300 g/mol. The number of benzene rings is 2. The first-order valence-electron chi connectivity index (χ1n) is 7.86. The van der Waals surface area contributed by atoms with Crippen LogP contribution in [-0.4, -0.2) is 15.9 Å². The highest BCUT2D eigenvalue weighted by Gasteiger charge is 2.23. The Kier molecular flexibility index (Phi) is 2.49. The van der Waals surface area contributed by atoms with Crippen molar-refractivity contribution in [1.29, 1.82) is 0 Å². The lowest BCUT2D eigenvalue weighted by atomic mass is 10.0. The smallest absolute Gasteiger partial charge is 0.276 e. The standard InChI is InChI=1S/C19H14N4O/c1-9-16-10(2)18(19-20-11(3)23-24-19)22-15(16)8-13-12-6-4-5-7-14(12)21-17(9)13/h4-8H,1-3H3. The fourth-order valence-corrected chi connectivity index (χ4v) is 3.54. The quantitative estimate of drug-likeness (QED) is 0.542. The molecule has 2 aliphatic heterocycles. The van der Waals surface area contributed by atoms with Crippen LogP contribution in [0.5, 0.6) is 0 Å². The van der Waals surface area contributed by atoms with Gasteiger partial charge in [0.25, 0.3) is 5.89 Å². The number of aromatic nitrogens is 2. The predicted molar refractivity (Wildman–Crippen MR) is 90.0 cm³/mol. The molecule has 2 aromatic carbocycles. The Hall–Kier alpha value is -3.08. The van der Waals surface area contributed by atoms with Crippen molar-refractivity contribution < 1.29 is 4.52 Å². The van der Waals surface area contributed by atoms with Gasteiger partial charge in [-0.1, -0.05) is 23.4 Å². The van der Waals surface area contributed by atoms with Gasteiger partial charge in [-0.2, -0.15) is 4.98 Å². The van der Waals surface area contributed by atoms with Gasteiger partial charge in [0.05, 0.1) is 16.7 Å². The number of aliphatic imine (C=N–C) groups is 1. The van der Waals surface area contributed by atoms with Crippen LogP contribution in [0.1, 0.15) is 24.2 Å². The fourth-order valence-electron chi connectivity index (χ4n) is 3.54. The van der Waals surface area contributed by atoms with Gasteiger partial charge in [0.1, 0.15) is 5.71 Å². The second-order valence-corrected chi connectivity index (χ2v) is 6.15. The maximum absolute atomic E-state index is 5.31. The number of hydrogen-bond donors (Lipinski definition) is 0. The van der Waals surface area contributed by atoms with E-state index in [0.717, 1.165) is 49.2 Å². The predicted octanol–water partition coefficient (Wildman–Crippen LogP) is 2.54. The average Bonchev–Trinajstić information content (AvgIpc) is 3.24. The Labute approximate surface area is 137 Å². The summed E-state index contributed by atoms with van der Waals surface area (Å²) >= 11 is 0. The molecule has 0 amide bonds. The summed E-state index contributed by atoms with van der Waals surface area (Å²) in [4.78, 5) is 13.9. The van der Waals surface area contributed by atoms with Gasteiger partial charge in [0.2, 0.25) is 0 Å². The molecule has 0 radical (unpaired) electrons. The molecule has 5 heteroatoms. The normalized spacial score (nSPS) is 14.1. The Balaban J connectivity index is 1.87. The molecule has 3 heterocycles. The Morgan fingerprint density at radius 1 is 0.958 bits per heavy atom. The van der Waals surface area contributed by atoms with Gasteiger partial charge >= 0.3 is 0 Å². The minimum absolute atomic E-state index is 0.470. The molecule has 0 unspecified atom stereocenters. The molecule has 0 aliphatic carbocycles. The monoisotopic (exact) mass is 314 g/mol. The molecule has 0 saturated carbocycles. The van der Waals surface area contributed by atoms with Gasteiger partial charge < -0.3 is 4.52 Å². The number of hydrogen-bond acceptors (Lipinski definition) is 5. The molecule has 1 aromatic heterocycles. The van der Waals surface area contributed by atoms with E-state index >= 15 is 0 Å². The second-order valence-electron chi connectivity index (χ2n) is 6.15. The van der Waals surface area contributed by atoms with Crippen molar-refractivity contribution >= 4 is 22.7 Å². The van der Waals surface area contributed by atoms with Gasteiger partial charge in [-0.3, -0.25) is 0 Å². The van der Waals surface area contributed by atoms with E-state index in [2.05, 4.69) is 29.2 Å². The lowest BCUT2D eigenvalue weighted by molar-refractivity contribution is 0.407. The maximum atomic E-state index is 5.31. The lowest BCUT2D eigenvalue weighted by Gasteiger charge is -2.02. The van der Waals surface area contributed by atoms with Crippen LogP contribution in [0, 0.1) is 24.3 Å². The molecule has 0 fully saturated rings. The second kappa shape index (κ2) is 4.47. The first-order chi connectivity index (χ1) is 11.6. The van der Waals surface area contributed by atoms with Crippen LogP contribution in [0.3, 0.4) is 0 Å². The summed E-state index contributed by atoms with van der Waals surface area (Å²) in [7, 11) is 0. The van der Waals surface area contributed by atoms with Crippen molar-refractivity contribution in [3.8, 4) is 0 Å². The van der Waals surface area contributed by atoms with Crippen LogP contribution >= 0.6 is 0 Å². The van der Waals surface area contributed by atoms with Crippen molar-refractivity contribution in [2.75, 3.05) is 0 Å². The summed E-state index contributed by atoms with van der Waals surface area (Å²) in [6.45, 7) is 5.96. The molecule has 116 valence electrons. The summed E-state index contributed by atoms with van der Waals surface area (Å²) in [6.07, 6.45) is 0. The third-order valence-corrected chi connectivity index (χ3v) is 4.64. The molecule has 0 N–H and O–H groups in total. The molecule has 0 saturated heterocycles. The maximum Gasteiger partial charge on any atom is 0.276 e. The Bertz CT molecular complexity index is 1280. The third-order valence-electron chi connectivity index (χ3n) is 4.64. The first-order valence-corrected chi connectivity index (χ1v) is 7.86. The van der Waals surface area contributed by atoms with Crippen LogP contribution in [0.25, 0.3) is 5.57 Å². The van der Waals surface area contributed by atoms with Crippen molar-refractivity contribution in [3.05, 3.63) is 68.6 Å². The van der Waals surface area contributed by atoms with Gasteiger partial charge in [0, 0.05) is 15.7 Å². The third kappa shape index (κ3) is 1.64. The molecule has 24 heavy (non-hydrogen) atoms. The Morgan fingerprint density at radius 2 is 1.79 bits per heavy atom. The summed E-state index contributed by atoms with van der Waals surface area (Å²) in [5, 5.41) is 8.32.